The maximum Gasteiger partial charge on any atom is 0.303 e. The van der Waals surface area contributed by atoms with Crippen LogP contribution in [-0.2, 0) is 63.6 Å². The van der Waals surface area contributed by atoms with Gasteiger partial charge in [-0.1, -0.05) is 72.8 Å². The Bertz CT molecular complexity index is 1870. The van der Waals surface area contributed by atoms with Crippen molar-refractivity contribution in [1.29, 1.82) is 0 Å². The molecule has 16 nitrogen and oxygen atoms in total. The zero-order valence-electron chi connectivity index (χ0n) is 30.7. The number of fused-ring (bicyclic) bond motifs is 2. The minimum Gasteiger partial charge on any atom is -0.463 e. The highest BCUT2D eigenvalue weighted by Crippen LogP contribution is 2.40. The van der Waals surface area contributed by atoms with E-state index >= 15 is 0 Å². The zero-order valence-corrected chi connectivity index (χ0v) is 30.7. The summed E-state index contributed by atoms with van der Waals surface area (Å²) in [6.45, 7) is 2.87. The molecule has 0 aliphatic carbocycles. The van der Waals surface area contributed by atoms with Gasteiger partial charge in [-0.05, 0) is 17.7 Å². The van der Waals surface area contributed by atoms with Gasteiger partial charge in [0.1, 0.15) is 43.2 Å². The number of benzene rings is 3. The number of rotatable bonds is 11. The van der Waals surface area contributed by atoms with Crippen LogP contribution in [-0.4, -0.2) is 114 Å². The van der Waals surface area contributed by atoms with Crippen LogP contribution in [0.5, 0.6) is 0 Å². The lowest BCUT2D eigenvalue weighted by molar-refractivity contribution is -0.388. The molecule has 0 radical (unpaired) electrons. The Hall–Kier alpha value is -5.07. The molecule has 11 atom stereocenters. The molecule has 2 amide bonds. The highest BCUT2D eigenvalue weighted by molar-refractivity contribution is 6.21. The summed E-state index contributed by atoms with van der Waals surface area (Å²) in [5.41, 5.74) is 1.61. The molecular weight excluding hydrogens is 734 g/mol. The van der Waals surface area contributed by atoms with Crippen LogP contribution in [0.25, 0.3) is 0 Å². The second-order valence-electron chi connectivity index (χ2n) is 13.6. The SMILES string of the molecule is CC(=O)OCC1OC(OC2C(O)OC3COC(c4ccccc4)OC3C2OCc2ccccc2)C(N2C(=O)c3ccccc3C2=O)C(OC(C)=O)C1OC(C)=O. The number of aliphatic hydroxyl groups excluding tert-OH is 1. The van der Waals surface area contributed by atoms with E-state index in [9.17, 15) is 29.1 Å². The van der Waals surface area contributed by atoms with Gasteiger partial charge in [-0.25, -0.2) is 0 Å². The third kappa shape index (κ3) is 8.22. The van der Waals surface area contributed by atoms with Gasteiger partial charge in [0.05, 0.1) is 24.3 Å². The second-order valence-corrected chi connectivity index (χ2v) is 13.6. The molecule has 3 fully saturated rings. The van der Waals surface area contributed by atoms with E-state index in [1.165, 1.54) is 12.1 Å². The standard InChI is InChI=1S/C40H41NO15/c1-21(42)48-19-29-31(51-22(2)43)33(52-23(3)44)30(41-36(45)26-16-10-11-17-27(26)37(41)46)40(54-29)56-35-34(49-18-24-12-6-4-7-13-24)32-28(53-38(35)47)20-50-39(55-32)25-14-8-5-9-15-25/h4-17,28-35,38-40,47H,18-20H2,1-3H3. The van der Waals surface area contributed by atoms with Crippen LogP contribution < -0.4 is 0 Å². The van der Waals surface area contributed by atoms with Crippen molar-refractivity contribution in [1.82, 2.24) is 4.90 Å². The molecule has 0 spiro atoms. The van der Waals surface area contributed by atoms with E-state index in [1.54, 1.807) is 12.1 Å². The molecular formula is C40H41NO15. The van der Waals surface area contributed by atoms with Crippen molar-refractivity contribution in [2.75, 3.05) is 13.2 Å². The Morgan fingerprint density at radius 1 is 0.732 bits per heavy atom. The Kier molecular flexibility index (Phi) is 11.9. The van der Waals surface area contributed by atoms with Crippen molar-refractivity contribution in [3.63, 3.8) is 0 Å². The van der Waals surface area contributed by atoms with Crippen LogP contribution in [0.4, 0.5) is 0 Å². The third-order valence-corrected chi connectivity index (χ3v) is 9.74. The number of esters is 3. The van der Waals surface area contributed by atoms with Crippen molar-refractivity contribution in [3.8, 4) is 0 Å². The largest absolute Gasteiger partial charge is 0.463 e. The molecule has 1 N–H and O–H groups in total. The Morgan fingerprint density at radius 2 is 1.34 bits per heavy atom. The molecule has 296 valence electrons. The molecule has 0 aromatic heterocycles. The molecule has 16 heteroatoms. The van der Waals surface area contributed by atoms with Crippen molar-refractivity contribution in [2.24, 2.45) is 0 Å². The van der Waals surface area contributed by atoms with E-state index in [1.807, 2.05) is 60.7 Å². The first kappa shape index (κ1) is 39.2. The Labute approximate surface area is 321 Å². The first-order valence-electron chi connectivity index (χ1n) is 18.1. The van der Waals surface area contributed by atoms with Gasteiger partial charge in [0.2, 0.25) is 0 Å². The second kappa shape index (κ2) is 17.0. The number of hydrogen-bond acceptors (Lipinski definition) is 15. The number of carbonyl (C=O) groups is 5. The summed E-state index contributed by atoms with van der Waals surface area (Å²) in [6, 6.07) is 22.8. The highest BCUT2D eigenvalue weighted by atomic mass is 16.8. The first-order chi connectivity index (χ1) is 27.0. The van der Waals surface area contributed by atoms with Gasteiger partial charge in [-0.15, -0.1) is 0 Å². The maximum absolute atomic E-state index is 14.1. The average molecular weight is 776 g/mol. The van der Waals surface area contributed by atoms with Gasteiger partial charge >= 0.3 is 17.9 Å². The van der Waals surface area contributed by atoms with Gasteiger partial charge in [0, 0.05) is 26.3 Å². The molecule has 3 saturated heterocycles. The van der Waals surface area contributed by atoms with E-state index in [0.717, 1.165) is 31.2 Å². The monoisotopic (exact) mass is 775 g/mol. The summed E-state index contributed by atoms with van der Waals surface area (Å²) in [7, 11) is 0. The van der Waals surface area contributed by atoms with Gasteiger partial charge < -0.3 is 47.7 Å². The molecule has 11 unspecified atom stereocenters. The lowest BCUT2D eigenvalue weighted by Crippen LogP contribution is -2.70. The summed E-state index contributed by atoms with van der Waals surface area (Å²) < 4.78 is 54.5. The van der Waals surface area contributed by atoms with Crippen LogP contribution in [0, 0.1) is 0 Å². The van der Waals surface area contributed by atoms with Crippen molar-refractivity contribution in [2.45, 2.75) is 95.0 Å². The molecule has 3 aromatic rings. The molecule has 0 saturated carbocycles. The number of imide groups is 1. The van der Waals surface area contributed by atoms with E-state index in [4.69, 9.17) is 42.6 Å². The number of nitrogens with zero attached hydrogens (tertiary/aromatic N) is 1. The number of carbonyl (C=O) groups excluding carboxylic acids is 5. The lowest BCUT2D eigenvalue weighted by Gasteiger charge is -2.51. The normalized spacial score (nSPS) is 31.2. The van der Waals surface area contributed by atoms with Crippen LogP contribution in [0.15, 0.2) is 84.9 Å². The molecule has 4 aliphatic heterocycles. The quantitative estimate of drug-likeness (QED) is 0.170. The van der Waals surface area contributed by atoms with E-state index in [0.29, 0.717) is 5.56 Å². The minimum atomic E-state index is -1.75. The van der Waals surface area contributed by atoms with Crippen molar-refractivity contribution < 1.29 is 71.7 Å². The van der Waals surface area contributed by atoms with Crippen LogP contribution >= 0.6 is 0 Å². The van der Waals surface area contributed by atoms with Gasteiger partial charge in [0.25, 0.3) is 11.8 Å². The van der Waals surface area contributed by atoms with Crippen LogP contribution in [0.2, 0.25) is 0 Å². The maximum atomic E-state index is 14.1. The number of hydrogen-bond donors (Lipinski definition) is 1. The number of aliphatic hydroxyl groups is 1. The number of amides is 2. The first-order valence-corrected chi connectivity index (χ1v) is 18.1. The van der Waals surface area contributed by atoms with Gasteiger partial charge in [0.15, 0.2) is 31.1 Å². The topological polar surface area (TPSA) is 192 Å². The zero-order chi connectivity index (χ0) is 39.5. The van der Waals surface area contributed by atoms with Crippen molar-refractivity contribution in [3.05, 3.63) is 107 Å². The molecule has 3 aromatic carbocycles. The molecule has 0 bridgehead atoms. The molecule has 56 heavy (non-hydrogen) atoms. The Balaban J connectivity index is 1.29. The smallest absolute Gasteiger partial charge is 0.303 e. The van der Waals surface area contributed by atoms with Crippen LogP contribution in [0.1, 0.15) is 58.9 Å². The predicted molar refractivity (Wildman–Crippen MR) is 188 cm³/mol. The fourth-order valence-corrected chi connectivity index (χ4v) is 7.35. The molecule has 4 heterocycles. The summed E-state index contributed by atoms with van der Waals surface area (Å²) in [6.07, 6.45) is -13.2. The van der Waals surface area contributed by atoms with Gasteiger partial charge in [-0.3, -0.25) is 28.9 Å². The van der Waals surface area contributed by atoms with E-state index in [-0.39, 0.29) is 24.3 Å². The fraction of sp³-hybridized carbons (Fsp3) is 0.425. The number of ether oxygens (including phenoxy) is 9. The van der Waals surface area contributed by atoms with Crippen molar-refractivity contribution >= 4 is 29.7 Å². The minimum absolute atomic E-state index is 0.0137. The molecule has 7 rings (SSSR count). The molecule has 4 aliphatic rings. The summed E-state index contributed by atoms with van der Waals surface area (Å²) in [4.78, 5) is 66.3. The predicted octanol–water partition coefficient (Wildman–Crippen LogP) is 2.60. The summed E-state index contributed by atoms with van der Waals surface area (Å²) in [5, 5.41) is 11.6. The van der Waals surface area contributed by atoms with Gasteiger partial charge in [-0.2, -0.15) is 0 Å². The summed E-state index contributed by atoms with van der Waals surface area (Å²) >= 11 is 0. The average Bonchev–Trinajstić information content (AvgIpc) is 3.43. The Morgan fingerprint density at radius 3 is 1.96 bits per heavy atom. The fourth-order valence-electron chi connectivity index (χ4n) is 7.35. The van der Waals surface area contributed by atoms with Crippen LogP contribution in [0.3, 0.4) is 0 Å². The highest BCUT2D eigenvalue weighted by Gasteiger charge is 2.60. The van der Waals surface area contributed by atoms with E-state index < -0.39 is 104 Å². The van der Waals surface area contributed by atoms with E-state index in [2.05, 4.69) is 0 Å². The third-order valence-electron chi connectivity index (χ3n) is 9.74. The summed E-state index contributed by atoms with van der Waals surface area (Å²) in [5.74, 6) is -3.96. The lowest BCUT2D eigenvalue weighted by atomic mass is 9.93.